The van der Waals surface area contributed by atoms with E-state index in [0.29, 0.717) is 6.47 Å². The fourth-order valence-corrected chi connectivity index (χ4v) is 5.73. The van der Waals surface area contributed by atoms with Gasteiger partial charge in [0.25, 0.3) is 6.47 Å². The van der Waals surface area contributed by atoms with Crippen molar-refractivity contribution in [2.24, 2.45) is 35.5 Å². The molecule has 0 saturated heterocycles. The summed E-state index contributed by atoms with van der Waals surface area (Å²) in [5.74, 6) is 5.65. The highest BCUT2D eigenvalue weighted by molar-refractivity contribution is 5.38. The topological polar surface area (TPSA) is 26.3 Å². The van der Waals surface area contributed by atoms with Gasteiger partial charge in [-0.25, -0.2) is 0 Å². The second kappa shape index (κ2) is 2.78. The first kappa shape index (κ1) is 8.60. The van der Waals surface area contributed by atoms with Crippen LogP contribution in [-0.4, -0.2) is 12.6 Å². The number of fused-ring (bicyclic) bond motifs is 9. The Morgan fingerprint density at radius 3 is 2.53 bits per heavy atom. The molecule has 4 rings (SSSR count). The third kappa shape index (κ3) is 0.938. The summed E-state index contributed by atoms with van der Waals surface area (Å²) in [6, 6.07) is 0. The zero-order valence-electron chi connectivity index (χ0n) is 8.97. The minimum absolute atomic E-state index is 0.285. The fraction of sp³-hybridized carbons (Fsp3) is 0.923. The molecule has 4 fully saturated rings. The van der Waals surface area contributed by atoms with E-state index >= 15 is 0 Å². The van der Waals surface area contributed by atoms with E-state index in [1.54, 1.807) is 0 Å². The largest absolute Gasteiger partial charge is 0.464 e. The highest BCUT2D eigenvalue weighted by Gasteiger charge is 2.62. The van der Waals surface area contributed by atoms with Crippen LogP contribution in [0.4, 0.5) is 0 Å². The molecule has 0 heterocycles. The second-order valence-corrected chi connectivity index (χ2v) is 6.15. The van der Waals surface area contributed by atoms with Gasteiger partial charge < -0.3 is 4.74 Å². The van der Waals surface area contributed by atoms with E-state index < -0.39 is 0 Å². The second-order valence-electron chi connectivity index (χ2n) is 6.15. The van der Waals surface area contributed by atoms with Gasteiger partial charge >= 0.3 is 0 Å². The maximum atomic E-state index is 10.5. The average Bonchev–Trinajstić information content (AvgIpc) is 2.95. The van der Waals surface area contributed by atoms with E-state index in [-0.39, 0.29) is 6.10 Å². The monoisotopic (exact) mass is 206 g/mol. The first-order valence-corrected chi connectivity index (χ1v) is 6.47. The first-order chi connectivity index (χ1) is 7.38. The molecule has 0 aromatic rings. The Morgan fingerprint density at radius 1 is 0.933 bits per heavy atom. The SMILES string of the molecule is O=COC1CC2CC1C1C3CCC(C3)C21. The van der Waals surface area contributed by atoms with Crippen LogP contribution in [0.25, 0.3) is 0 Å². The molecule has 0 radical (unpaired) electrons. The molecule has 0 aromatic carbocycles. The molecule has 4 bridgehead atoms. The summed E-state index contributed by atoms with van der Waals surface area (Å²) in [4.78, 5) is 10.5. The fourth-order valence-electron chi connectivity index (χ4n) is 5.73. The van der Waals surface area contributed by atoms with Gasteiger partial charge in [0.15, 0.2) is 0 Å². The molecular formula is C13H18O2. The molecule has 4 saturated carbocycles. The summed E-state index contributed by atoms with van der Waals surface area (Å²) >= 11 is 0. The Bertz CT molecular complexity index is 301. The number of ether oxygens (including phenoxy) is 1. The van der Waals surface area contributed by atoms with E-state index in [1.165, 1.54) is 32.1 Å². The zero-order chi connectivity index (χ0) is 9.99. The van der Waals surface area contributed by atoms with Crippen LogP contribution in [0.1, 0.15) is 32.1 Å². The normalized spacial score (nSPS) is 59.6. The molecule has 15 heavy (non-hydrogen) atoms. The third-order valence-electron chi connectivity index (χ3n) is 5.90. The smallest absolute Gasteiger partial charge is 0.293 e. The maximum Gasteiger partial charge on any atom is 0.293 e. The summed E-state index contributed by atoms with van der Waals surface area (Å²) in [6.07, 6.45) is 7.27. The lowest BCUT2D eigenvalue weighted by atomic mass is 9.70. The van der Waals surface area contributed by atoms with Gasteiger partial charge in [-0.2, -0.15) is 0 Å². The average molecular weight is 206 g/mol. The standard InChI is InChI=1S/C13H18O2/c14-6-15-11-5-9-4-10(11)13-8-2-1-7(3-8)12(9)13/h6-13H,1-5H2. The number of carbonyl (C=O) groups excluding carboxylic acids is 1. The molecular weight excluding hydrogens is 188 g/mol. The van der Waals surface area contributed by atoms with E-state index in [4.69, 9.17) is 4.74 Å². The third-order valence-corrected chi connectivity index (χ3v) is 5.90. The Hall–Kier alpha value is -0.530. The Balaban J connectivity index is 1.63. The van der Waals surface area contributed by atoms with Gasteiger partial charge in [0.2, 0.25) is 0 Å². The van der Waals surface area contributed by atoms with Crippen LogP contribution < -0.4 is 0 Å². The van der Waals surface area contributed by atoms with Crippen LogP contribution in [0, 0.1) is 35.5 Å². The maximum absolute atomic E-state index is 10.5. The van der Waals surface area contributed by atoms with E-state index in [0.717, 1.165) is 35.5 Å². The van der Waals surface area contributed by atoms with Gasteiger partial charge in [-0.3, -0.25) is 4.79 Å². The van der Waals surface area contributed by atoms with Crippen LogP contribution >= 0.6 is 0 Å². The molecule has 2 nitrogen and oxygen atoms in total. The van der Waals surface area contributed by atoms with Gasteiger partial charge in [-0.05, 0) is 67.6 Å². The van der Waals surface area contributed by atoms with Gasteiger partial charge in [0.1, 0.15) is 6.10 Å². The van der Waals surface area contributed by atoms with Gasteiger partial charge in [0, 0.05) is 0 Å². The highest BCUT2D eigenvalue weighted by Crippen LogP contribution is 2.67. The Labute approximate surface area is 90.4 Å². The number of hydrogen-bond donors (Lipinski definition) is 0. The van der Waals surface area contributed by atoms with Crippen molar-refractivity contribution in [3.8, 4) is 0 Å². The lowest BCUT2D eigenvalue weighted by molar-refractivity contribution is -0.138. The number of carbonyl (C=O) groups is 1. The lowest BCUT2D eigenvalue weighted by Gasteiger charge is -2.37. The summed E-state index contributed by atoms with van der Waals surface area (Å²) in [7, 11) is 0. The van der Waals surface area contributed by atoms with Crippen molar-refractivity contribution in [3.63, 3.8) is 0 Å². The van der Waals surface area contributed by atoms with Crippen molar-refractivity contribution in [3.05, 3.63) is 0 Å². The predicted octanol–water partition coefficient (Wildman–Crippen LogP) is 2.23. The van der Waals surface area contributed by atoms with Crippen molar-refractivity contribution in [1.82, 2.24) is 0 Å². The van der Waals surface area contributed by atoms with Gasteiger partial charge in [-0.1, -0.05) is 0 Å². The molecule has 0 N–H and O–H groups in total. The predicted molar refractivity (Wildman–Crippen MR) is 55.0 cm³/mol. The molecule has 0 aliphatic heterocycles. The minimum Gasteiger partial charge on any atom is -0.464 e. The molecule has 82 valence electrons. The molecule has 0 aromatic heterocycles. The van der Waals surface area contributed by atoms with Crippen molar-refractivity contribution in [2.45, 2.75) is 38.2 Å². The zero-order valence-corrected chi connectivity index (χ0v) is 8.97. The molecule has 7 unspecified atom stereocenters. The van der Waals surface area contributed by atoms with Gasteiger partial charge in [0.05, 0.1) is 0 Å². The molecule has 7 atom stereocenters. The van der Waals surface area contributed by atoms with E-state index in [2.05, 4.69) is 0 Å². The summed E-state index contributed by atoms with van der Waals surface area (Å²) in [5.41, 5.74) is 0. The van der Waals surface area contributed by atoms with E-state index in [9.17, 15) is 4.79 Å². The highest BCUT2D eigenvalue weighted by atomic mass is 16.5. The van der Waals surface area contributed by atoms with Crippen LogP contribution in [0.3, 0.4) is 0 Å². The number of rotatable bonds is 2. The van der Waals surface area contributed by atoms with Crippen molar-refractivity contribution >= 4 is 6.47 Å². The van der Waals surface area contributed by atoms with Crippen molar-refractivity contribution in [1.29, 1.82) is 0 Å². The van der Waals surface area contributed by atoms with Crippen LogP contribution in [0.2, 0.25) is 0 Å². The molecule has 0 spiro atoms. The Kier molecular flexibility index (Phi) is 1.59. The first-order valence-electron chi connectivity index (χ1n) is 6.47. The number of hydrogen-bond acceptors (Lipinski definition) is 2. The van der Waals surface area contributed by atoms with Crippen LogP contribution in [0.15, 0.2) is 0 Å². The molecule has 2 heteroatoms. The van der Waals surface area contributed by atoms with Crippen molar-refractivity contribution < 1.29 is 9.53 Å². The molecule has 4 aliphatic carbocycles. The lowest BCUT2D eigenvalue weighted by Crippen LogP contribution is -2.36. The van der Waals surface area contributed by atoms with Crippen LogP contribution in [-0.2, 0) is 9.53 Å². The quantitative estimate of drug-likeness (QED) is 0.511. The Morgan fingerprint density at radius 2 is 1.73 bits per heavy atom. The summed E-state index contributed by atoms with van der Waals surface area (Å²) in [5, 5.41) is 0. The van der Waals surface area contributed by atoms with Crippen molar-refractivity contribution in [2.75, 3.05) is 0 Å². The molecule has 0 amide bonds. The molecule has 4 aliphatic rings. The van der Waals surface area contributed by atoms with Gasteiger partial charge in [-0.15, -0.1) is 0 Å². The minimum atomic E-state index is 0.285. The summed E-state index contributed by atoms with van der Waals surface area (Å²) in [6.45, 7) is 0.674. The van der Waals surface area contributed by atoms with Crippen LogP contribution in [0.5, 0.6) is 0 Å². The van der Waals surface area contributed by atoms with E-state index in [1.807, 2.05) is 0 Å². The summed E-state index contributed by atoms with van der Waals surface area (Å²) < 4.78 is 5.27.